The van der Waals surface area contributed by atoms with Crippen LogP contribution in [0.15, 0.2) is 24.3 Å². The van der Waals surface area contributed by atoms with E-state index >= 15 is 0 Å². The summed E-state index contributed by atoms with van der Waals surface area (Å²) in [6.45, 7) is 1.43. The van der Waals surface area contributed by atoms with Crippen LogP contribution in [0.3, 0.4) is 0 Å². The van der Waals surface area contributed by atoms with Crippen LogP contribution in [0.1, 0.15) is 18.9 Å². The van der Waals surface area contributed by atoms with Crippen LogP contribution >= 0.6 is 0 Å². The van der Waals surface area contributed by atoms with Crippen molar-refractivity contribution in [2.45, 2.75) is 25.9 Å². The first-order valence-corrected chi connectivity index (χ1v) is 6.17. The van der Waals surface area contributed by atoms with Crippen molar-refractivity contribution >= 4 is 11.9 Å². The molecule has 0 spiro atoms. The molecule has 0 aromatic heterocycles. The number of rotatable bonds is 4. The Kier molecular flexibility index (Phi) is 3.46. The van der Waals surface area contributed by atoms with Crippen LogP contribution in [0.5, 0.6) is 5.75 Å². The highest BCUT2D eigenvalue weighted by Gasteiger charge is 2.44. The third kappa shape index (κ3) is 2.41. The summed E-state index contributed by atoms with van der Waals surface area (Å²) in [6, 6.07) is 7.59. The highest BCUT2D eigenvalue weighted by Crippen LogP contribution is 2.34. The lowest BCUT2D eigenvalue weighted by Gasteiger charge is -2.25. The monoisotopic (exact) mass is 263 g/mol. The van der Waals surface area contributed by atoms with Gasteiger partial charge in [-0.3, -0.25) is 9.59 Å². The van der Waals surface area contributed by atoms with Gasteiger partial charge in [0.1, 0.15) is 17.3 Å². The molecule has 0 aliphatic carbocycles. The molecule has 0 radical (unpaired) electrons. The lowest BCUT2D eigenvalue weighted by molar-refractivity contribution is -0.156. The molecule has 5 heteroatoms. The van der Waals surface area contributed by atoms with Gasteiger partial charge in [0, 0.05) is 19.9 Å². The molecular weight excluding hydrogens is 246 g/mol. The van der Waals surface area contributed by atoms with E-state index in [9.17, 15) is 14.7 Å². The van der Waals surface area contributed by atoms with Crippen molar-refractivity contribution in [3.8, 4) is 5.75 Å². The van der Waals surface area contributed by atoms with Crippen molar-refractivity contribution in [3.05, 3.63) is 29.8 Å². The topological polar surface area (TPSA) is 75.6 Å². The number of benzene rings is 1. The van der Waals surface area contributed by atoms with E-state index in [4.69, 9.17) is 4.74 Å². The molecule has 2 rings (SSSR count). The molecule has 0 bridgehead atoms. The fourth-order valence-corrected chi connectivity index (χ4v) is 2.38. The van der Waals surface area contributed by atoms with E-state index in [1.807, 2.05) is 24.3 Å². The van der Waals surface area contributed by atoms with Gasteiger partial charge in [-0.25, -0.2) is 0 Å². The zero-order valence-electron chi connectivity index (χ0n) is 11.0. The lowest BCUT2D eigenvalue weighted by Crippen LogP contribution is -2.45. The van der Waals surface area contributed by atoms with Gasteiger partial charge in [0.05, 0.1) is 0 Å². The Morgan fingerprint density at radius 3 is 2.74 bits per heavy atom. The second-order valence-electron chi connectivity index (χ2n) is 4.97. The fraction of sp³-hybridized carbons (Fsp3) is 0.429. The van der Waals surface area contributed by atoms with Gasteiger partial charge in [-0.2, -0.15) is 0 Å². The first kappa shape index (κ1) is 13.4. The zero-order chi connectivity index (χ0) is 14.0. The Balaban J connectivity index is 2.14. The van der Waals surface area contributed by atoms with Gasteiger partial charge in [0.25, 0.3) is 0 Å². The predicted molar refractivity (Wildman–Crippen MR) is 69.0 cm³/mol. The maximum Gasteiger partial charge on any atom is 0.319 e. The van der Waals surface area contributed by atoms with Gasteiger partial charge in [-0.15, -0.1) is 0 Å². The second kappa shape index (κ2) is 4.91. The van der Waals surface area contributed by atoms with E-state index in [2.05, 4.69) is 5.32 Å². The van der Waals surface area contributed by atoms with Gasteiger partial charge in [-0.05, 0) is 18.6 Å². The number of carbonyl (C=O) groups is 2. The molecule has 1 aromatic carbocycles. The maximum absolute atomic E-state index is 11.8. The summed E-state index contributed by atoms with van der Waals surface area (Å²) in [5.74, 6) is -0.858. The number of ether oxygens (including phenoxy) is 1. The second-order valence-corrected chi connectivity index (χ2v) is 4.97. The quantitative estimate of drug-likeness (QED) is 0.801. The number of carboxylic acid groups (broad SMARTS) is 1. The van der Waals surface area contributed by atoms with Crippen molar-refractivity contribution in [2.24, 2.45) is 5.41 Å². The number of carboxylic acids is 1. The number of nitrogens with one attached hydrogen (secondary N) is 1. The number of hydrogen-bond acceptors (Lipinski definition) is 3. The van der Waals surface area contributed by atoms with Crippen LogP contribution in [-0.4, -0.2) is 30.1 Å². The largest absolute Gasteiger partial charge is 0.490 e. The Bertz CT molecular complexity index is 489. The third-order valence-electron chi connectivity index (χ3n) is 3.55. The number of para-hydroxylation sites is 1. The van der Waals surface area contributed by atoms with Crippen LogP contribution in [0.2, 0.25) is 0 Å². The van der Waals surface area contributed by atoms with Crippen molar-refractivity contribution in [2.75, 3.05) is 7.05 Å². The van der Waals surface area contributed by atoms with E-state index < -0.39 is 17.3 Å². The molecule has 2 atom stereocenters. The van der Waals surface area contributed by atoms with Crippen molar-refractivity contribution < 1.29 is 19.4 Å². The number of fused-ring (bicyclic) bond motifs is 1. The number of carbonyl (C=O) groups excluding carboxylic acids is 1. The molecule has 0 saturated heterocycles. The molecule has 0 saturated carbocycles. The van der Waals surface area contributed by atoms with Crippen LogP contribution < -0.4 is 10.1 Å². The van der Waals surface area contributed by atoms with Crippen LogP contribution in [0.4, 0.5) is 0 Å². The normalized spacial score (nSPS) is 20.0. The summed E-state index contributed by atoms with van der Waals surface area (Å²) < 4.78 is 5.70. The fourth-order valence-electron chi connectivity index (χ4n) is 2.38. The summed E-state index contributed by atoms with van der Waals surface area (Å²) in [5.41, 5.74) is -0.418. The standard InChI is InChI=1S/C14H17NO4/c1-14(13(17)18,12(16)15-2)8-10-7-9-5-3-4-6-11(9)19-10/h3-6,10H,7-8H2,1-2H3,(H,15,16)(H,17,18). The molecule has 1 amide bonds. The van der Waals surface area contributed by atoms with Crippen molar-refractivity contribution in [1.29, 1.82) is 0 Å². The number of hydrogen-bond donors (Lipinski definition) is 2. The summed E-state index contributed by atoms with van der Waals surface area (Å²) >= 11 is 0. The molecule has 102 valence electrons. The molecule has 1 aliphatic rings. The average molecular weight is 263 g/mol. The predicted octanol–water partition coefficient (Wildman–Crippen LogP) is 1.22. The van der Waals surface area contributed by atoms with E-state index in [1.165, 1.54) is 14.0 Å². The minimum absolute atomic E-state index is 0.149. The smallest absolute Gasteiger partial charge is 0.319 e. The molecular formula is C14H17NO4. The molecule has 1 aliphatic heterocycles. The van der Waals surface area contributed by atoms with Gasteiger partial charge in [0.15, 0.2) is 0 Å². The minimum atomic E-state index is -1.47. The summed E-state index contributed by atoms with van der Waals surface area (Å²) in [7, 11) is 1.44. The Morgan fingerprint density at radius 2 is 2.16 bits per heavy atom. The molecule has 0 fully saturated rings. The zero-order valence-corrected chi connectivity index (χ0v) is 11.0. The summed E-state index contributed by atoms with van der Waals surface area (Å²) in [6.07, 6.45) is 0.503. The van der Waals surface area contributed by atoms with Gasteiger partial charge in [0.2, 0.25) is 5.91 Å². The van der Waals surface area contributed by atoms with Gasteiger partial charge < -0.3 is 15.2 Å². The average Bonchev–Trinajstić information content (AvgIpc) is 2.79. The Hall–Kier alpha value is -2.04. The highest BCUT2D eigenvalue weighted by molar-refractivity contribution is 6.01. The van der Waals surface area contributed by atoms with E-state index in [0.29, 0.717) is 6.42 Å². The highest BCUT2D eigenvalue weighted by atomic mass is 16.5. The van der Waals surface area contributed by atoms with E-state index in [1.54, 1.807) is 0 Å². The van der Waals surface area contributed by atoms with Crippen LogP contribution in [-0.2, 0) is 16.0 Å². The van der Waals surface area contributed by atoms with Crippen molar-refractivity contribution in [1.82, 2.24) is 5.32 Å². The summed E-state index contributed by atoms with van der Waals surface area (Å²) in [5, 5.41) is 11.7. The summed E-state index contributed by atoms with van der Waals surface area (Å²) in [4.78, 5) is 23.2. The molecule has 5 nitrogen and oxygen atoms in total. The van der Waals surface area contributed by atoms with E-state index in [-0.39, 0.29) is 12.5 Å². The molecule has 19 heavy (non-hydrogen) atoms. The number of amides is 1. The molecule has 2 N–H and O–H groups in total. The first-order chi connectivity index (χ1) is 8.97. The van der Waals surface area contributed by atoms with Crippen molar-refractivity contribution in [3.63, 3.8) is 0 Å². The molecule has 1 heterocycles. The van der Waals surface area contributed by atoms with E-state index in [0.717, 1.165) is 11.3 Å². The van der Waals surface area contributed by atoms with Gasteiger partial charge in [-0.1, -0.05) is 18.2 Å². The molecule has 1 aromatic rings. The Morgan fingerprint density at radius 1 is 1.47 bits per heavy atom. The third-order valence-corrected chi connectivity index (χ3v) is 3.55. The van der Waals surface area contributed by atoms with Crippen LogP contribution in [0.25, 0.3) is 0 Å². The Labute approximate surface area is 111 Å². The lowest BCUT2D eigenvalue weighted by atomic mass is 9.82. The first-order valence-electron chi connectivity index (χ1n) is 6.17. The maximum atomic E-state index is 11.8. The SMILES string of the molecule is CNC(=O)C(C)(CC1Cc2ccccc2O1)C(=O)O. The van der Waals surface area contributed by atoms with Gasteiger partial charge >= 0.3 is 5.97 Å². The number of aliphatic carboxylic acids is 1. The minimum Gasteiger partial charge on any atom is -0.490 e. The van der Waals surface area contributed by atoms with Crippen LogP contribution in [0, 0.1) is 5.41 Å². The molecule has 2 unspecified atom stereocenters.